The van der Waals surface area contributed by atoms with Crippen molar-refractivity contribution in [1.82, 2.24) is 10.3 Å². The largest absolute Gasteiger partial charge is 0.487 e. The number of rotatable bonds is 8. The third kappa shape index (κ3) is 5.92. The summed E-state index contributed by atoms with van der Waals surface area (Å²) < 4.78 is 11.2. The van der Waals surface area contributed by atoms with Gasteiger partial charge in [-0.2, -0.15) is 0 Å². The first-order valence-corrected chi connectivity index (χ1v) is 12.7. The van der Waals surface area contributed by atoms with Crippen molar-refractivity contribution in [2.24, 2.45) is 0 Å². The van der Waals surface area contributed by atoms with Crippen molar-refractivity contribution >= 4 is 57.3 Å². The highest BCUT2D eigenvalue weighted by Crippen LogP contribution is 2.32. The van der Waals surface area contributed by atoms with Gasteiger partial charge in [0.2, 0.25) is 5.89 Å². The van der Waals surface area contributed by atoms with Gasteiger partial charge >= 0.3 is 5.69 Å². The second-order valence-corrected chi connectivity index (χ2v) is 9.35. The predicted octanol–water partition coefficient (Wildman–Crippen LogP) is 7.10. The summed E-state index contributed by atoms with van der Waals surface area (Å²) in [6.45, 7) is 6.27. The van der Waals surface area contributed by atoms with Crippen LogP contribution in [0.4, 0.5) is 11.4 Å². The number of amides is 1. The lowest BCUT2D eigenvalue weighted by molar-refractivity contribution is -0.385. The van der Waals surface area contributed by atoms with E-state index < -0.39 is 10.8 Å². The molecule has 11 heteroatoms. The Bertz CT molecular complexity index is 1540. The number of nitrogens with one attached hydrogen (secondary N) is 2. The molecule has 38 heavy (non-hydrogen) atoms. The Morgan fingerprint density at radius 1 is 1.18 bits per heavy atom. The van der Waals surface area contributed by atoms with E-state index in [1.165, 1.54) is 17.7 Å². The fourth-order valence-corrected chi connectivity index (χ4v) is 4.14. The molecule has 0 radical (unpaired) electrons. The van der Waals surface area contributed by atoms with Crippen LogP contribution in [0.1, 0.15) is 49.0 Å². The van der Waals surface area contributed by atoms with Gasteiger partial charge in [-0.15, -0.1) is 0 Å². The summed E-state index contributed by atoms with van der Waals surface area (Å²) in [5.41, 5.74) is 3.44. The number of carbonyl (C=O) groups is 1. The molecule has 0 aliphatic rings. The minimum atomic E-state index is -0.628. The summed E-state index contributed by atoms with van der Waals surface area (Å²) in [5.74, 6) is 0.277. The summed E-state index contributed by atoms with van der Waals surface area (Å²) in [6, 6.07) is 15.1. The molecule has 0 fully saturated rings. The van der Waals surface area contributed by atoms with Crippen LogP contribution in [0.5, 0.6) is 5.75 Å². The highest BCUT2D eigenvalue weighted by Gasteiger charge is 2.20. The zero-order valence-electron chi connectivity index (χ0n) is 20.9. The molecule has 0 aliphatic carbocycles. The topological polar surface area (TPSA) is 120 Å². The van der Waals surface area contributed by atoms with Gasteiger partial charge in [-0.3, -0.25) is 20.2 Å². The molecule has 1 atom stereocenters. The van der Waals surface area contributed by atoms with Gasteiger partial charge < -0.3 is 14.5 Å². The Balaban J connectivity index is 1.51. The van der Waals surface area contributed by atoms with E-state index in [2.05, 4.69) is 29.5 Å². The molecule has 0 saturated heterocycles. The van der Waals surface area contributed by atoms with Crippen LogP contribution < -0.4 is 15.4 Å². The molecular weight excluding hydrogens is 528 g/mol. The highest BCUT2D eigenvalue weighted by molar-refractivity contribution is 7.80. The number of fused-ring (bicyclic) bond motifs is 1. The van der Waals surface area contributed by atoms with Gasteiger partial charge in [-0.25, -0.2) is 4.98 Å². The van der Waals surface area contributed by atoms with E-state index in [4.69, 9.17) is 33.0 Å². The molecule has 4 rings (SSSR count). The number of halogens is 1. The Morgan fingerprint density at radius 2 is 1.97 bits per heavy atom. The molecule has 2 N–H and O–H groups in total. The number of thiocarbonyl (C=S) groups is 1. The second kappa shape index (κ2) is 11.6. The molecule has 0 bridgehead atoms. The Kier molecular flexibility index (Phi) is 8.23. The Hall–Kier alpha value is -4.02. The molecular formula is C27H25ClN4O5S. The summed E-state index contributed by atoms with van der Waals surface area (Å²) in [4.78, 5) is 28.1. The summed E-state index contributed by atoms with van der Waals surface area (Å²) in [7, 11) is 0. The first kappa shape index (κ1) is 27.0. The van der Waals surface area contributed by atoms with Crippen LogP contribution in [-0.4, -0.2) is 27.5 Å². The maximum absolute atomic E-state index is 12.7. The van der Waals surface area contributed by atoms with Crippen molar-refractivity contribution in [2.45, 2.75) is 33.1 Å². The Morgan fingerprint density at radius 3 is 2.68 bits per heavy atom. The molecule has 0 aliphatic heterocycles. The lowest BCUT2D eigenvalue weighted by Crippen LogP contribution is -2.34. The van der Waals surface area contributed by atoms with E-state index in [-0.39, 0.29) is 28.7 Å². The number of oxazole rings is 1. The van der Waals surface area contributed by atoms with E-state index in [9.17, 15) is 14.9 Å². The van der Waals surface area contributed by atoms with Crippen molar-refractivity contribution in [2.75, 3.05) is 11.9 Å². The SMILES string of the molecule is CCOc1ccc(C(=O)NC(=S)Nc2cc(-c3nc4cc([C@@H](C)CC)ccc4o3)ccc2Cl)cc1[N+](=O)[O-]. The molecule has 4 aromatic rings. The van der Waals surface area contributed by atoms with Crippen LogP contribution in [0.25, 0.3) is 22.6 Å². The minimum absolute atomic E-state index is 0.0404. The lowest BCUT2D eigenvalue weighted by Gasteiger charge is -2.12. The average molecular weight is 553 g/mol. The predicted molar refractivity (Wildman–Crippen MR) is 151 cm³/mol. The second-order valence-electron chi connectivity index (χ2n) is 8.53. The molecule has 1 aromatic heterocycles. The van der Waals surface area contributed by atoms with Gasteiger partial charge in [-0.1, -0.05) is 31.5 Å². The Labute approximate surface area is 229 Å². The molecule has 0 spiro atoms. The fourth-order valence-electron chi connectivity index (χ4n) is 3.77. The van der Waals surface area contributed by atoms with Crippen molar-refractivity contribution in [3.05, 3.63) is 80.9 Å². The lowest BCUT2D eigenvalue weighted by atomic mass is 9.98. The van der Waals surface area contributed by atoms with Crippen molar-refractivity contribution < 1.29 is 18.9 Å². The van der Waals surface area contributed by atoms with Crippen LogP contribution >= 0.6 is 23.8 Å². The highest BCUT2D eigenvalue weighted by atomic mass is 35.5. The number of hydrogen-bond donors (Lipinski definition) is 2. The van der Waals surface area contributed by atoms with E-state index in [1.54, 1.807) is 25.1 Å². The van der Waals surface area contributed by atoms with E-state index in [0.717, 1.165) is 18.0 Å². The average Bonchev–Trinajstić information content (AvgIpc) is 3.33. The van der Waals surface area contributed by atoms with Crippen LogP contribution in [-0.2, 0) is 0 Å². The van der Waals surface area contributed by atoms with Crippen molar-refractivity contribution in [3.63, 3.8) is 0 Å². The standard InChI is InChI=1S/C27H25ClN4O5S/c1-4-15(3)16-7-10-23-21(12-16)29-26(37-23)18-6-9-19(28)20(13-18)30-27(38)31-25(33)17-8-11-24(36-5-2)22(14-17)32(34)35/h6-15H,4-5H2,1-3H3,(H2,30,31,33,38)/t15-/m0/s1. The molecule has 196 valence electrons. The molecule has 0 unspecified atom stereocenters. The third-order valence-electron chi connectivity index (χ3n) is 6.00. The quantitative estimate of drug-likeness (QED) is 0.135. The number of nitro benzene ring substituents is 1. The van der Waals surface area contributed by atoms with Gasteiger partial charge in [-0.05, 0) is 79.5 Å². The van der Waals surface area contributed by atoms with Crippen LogP contribution in [0.15, 0.2) is 59.0 Å². The van der Waals surface area contributed by atoms with Crippen molar-refractivity contribution in [3.8, 4) is 17.2 Å². The molecule has 0 saturated carbocycles. The van der Waals surface area contributed by atoms with Gasteiger partial charge in [0, 0.05) is 17.2 Å². The fraction of sp³-hybridized carbons (Fsp3) is 0.222. The number of nitrogens with zero attached hydrogens (tertiary/aromatic N) is 2. The van der Waals surface area contributed by atoms with Gasteiger partial charge in [0.05, 0.1) is 22.2 Å². The first-order valence-electron chi connectivity index (χ1n) is 11.9. The molecule has 3 aromatic carbocycles. The maximum atomic E-state index is 12.7. The molecule has 1 amide bonds. The smallest absolute Gasteiger partial charge is 0.311 e. The normalized spacial score (nSPS) is 11.7. The number of benzene rings is 3. The number of anilines is 1. The summed E-state index contributed by atoms with van der Waals surface area (Å²) in [6.07, 6.45) is 1.02. The number of ether oxygens (including phenoxy) is 1. The van der Waals surface area contributed by atoms with Gasteiger partial charge in [0.25, 0.3) is 5.91 Å². The van der Waals surface area contributed by atoms with Crippen LogP contribution in [0.2, 0.25) is 5.02 Å². The van der Waals surface area contributed by atoms with E-state index >= 15 is 0 Å². The monoisotopic (exact) mass is 552 g/mol. The van der Waals surface area contributed by atoms with Crippen LogP contribution in [0, 0.1) is 10.1 Å². The number of nitro groups is 1. The van der Waals surface area contributed by atoms with E-state index in [0.29, 0.717) is 33.7 Å². The zero-order valence-corrected chi connectivity index (χ0v) is 22.5. The first-order chi connectivity index (χ1) is 18.2. The third-order valence-corrected chi connectivity index (χ3v) is 6.53. The summed E-state index contributed by atoms with van der Waals surface area (Å²) in [5, 5.41) is 17.1. The van der Waals surface area contributed by atoms with Crippen LogP contribution in [0.3, 0.4) is 0 Å². The zero-order chi connectivity index (χ0) is 27.4. The van der Waals surface area contributed by atoms with Gasteiger partial charge in [0.15, 0.2) is 16.4 Å². The summed E-state index contributed by atoms with van der Waals surface area (Å²) >= 11 is 11.6. The minimum Gasteiger partial charge on any atom is -0.487 e. The van der Waals surface area contributed by atoms with Crippen molar-refractivity contribution in [1.29, 1.82) is 0 Å². The molecule has 9 nitrogen and oxygen atoms in total. The van der Waals surface area contributed by atoms with Gasteiger partial charge in [0.1, 0.15) is 5.52 Å². The number of hydrogen-bond acceptors (Lipinski definition) is 7. The molecule has 1 heterocycles. The maximum Gasteiger partial charge on any atom is 0.311 e. The number of aromatic nitrogens is 1. The number of carbonyl (C=O) groups excluding carboxylic acids is 1. The van der Waals surface area contributed by atoms with E-state index in [1.807, 2.05) is 18.2 Å².